The van der Waals surface area contributed by atoms with Gasteiger partial charge in [0.15, 0.2) is 0 Å². The first-order chi connectivity index (χ1) is 7.76. The summed E-state index contributed by atoms with van der Waals surface area (Å²) in [5.41, 5.74) is 0. The summed E-state index contributed by atoms with van der Waals surface area (Å²) in [6.07, 6.45) is 4.33. The Balaban J connectivity index is 2.17. The molecule has 4 nitrogen and oxygen atoms in total. The van der Waals surface area contributed by atoms with E-state index in [0.717, 1.165) is 38.9 Å². The van der Waals surface area contributed by atoms with E-state index in [9.17, 15) is 4.79 Å². The Bertz CT molecular complexity index is 209. The van der Waals surface area contributed by atoms with Crippen LogP contribution in [0, 0.1) is 0 Å². The zero-order valence-electron chi connectivity index (χ0n) is 10.2. The Labute approximate surface area is 98.0 Å². The smallest absolute Gasteiger partial charge is 0.220 e. The summed E-state index contributed by atoms with van der Waals surface area (Å²) >= 11 is 0. The fourth-order valence-electron chi connectivity index (χ4n) is 2.16. The van der Waals surface area contributed by atoms with Crippen LogP contribution in [0.2, 0.25) is 0 Å². The first kappa shape index (κ1) is 13.5. The van der Waals surface area contributed by atoms with Gasteiger partial charge >= 0.3 is 0 Å². The van der Waals surface area contributed by atoms with Crippen molar-refractivity contribution in [1.29, 1.82) is 0 Å². The standard InChI is InChI=1S/C12H24N2O2/c1-2-14-8-5-6-11(10-14)13-12(16)7-3-4-9-15/h11,15H,2-10H2,1H3,(H,13,16). The number of amides is 1. The second-order valence-electron chi connectivity index (χ2n) is 4.48. The molecular weight excluding hydrogens is 204 g/mol. The van der Waals surface area contributed by atoms with Gasteiger partial charge in [-0.05, 0) is 38.8 Å². The molecule has 0 aliphatic carbocycles. The molecule has 94 valence electrons. The summed E-state index contributed by atoms with van der Waals surface area (Å²) in [4.78, 5) is 13.9. The monoisotopic (exact) mass is 228 g/mol. The second kappa shape index (κ2) is 7.63. The lowest BCUT2D eigenvalue weighted by atomic mass is 10.1. The minimum Gasteiger partial charge on any atom is -0.396 e. The number of hydrogen-bond acceptors (Lipinski definition) is 3. The minimum absolute atomic E-state index is 0.136. The van der Waals surface area contributed by atoms with Crippen LogP contribution in [-0.2, 0) is 4.79 Å². The van der Waals surface area contributed by atoms with Gasteiger partial charge in [0.25, 0.3) is 0 Å². The van der Waals surface area contributed by atoms with Gasteiger partial charge in [-0.15, -0.1) is 0 Å². The van der Waals surface area contributed by atoms with E-state index >= 15 is 0 Å². The molecule has 0 aromatic heterocycles. The molecule has 0 spiro atoms. The van der Waals surface area contributed by atoms with Crippen molar-refractivity contribution >= 4 is 5.91 Å². The van der Waals surface area contributed by atoms with Crippen LogP contribution in [0.4, 0.5) is 0 Å². The van der Waals surface area contributed by atoms with E-state index in [1.165, 1.54) is 6.42 Å². The fourth-order valence-corrected chi connectivity index (χ4v) is 2.16. The van der Waals surface area contributed by atoms with E-state index in [4.69, 9.17) is 5.11 Å². The van der Waals surface area contributed by atoms with E-state index in [2.05, 4.69) is 17.1 Å². The van der Waals surface area contributed by atoms with Crippen molar-refractivity contribution in [2.75, 3.05) is 26.2 Å². The number of carbonyl (C=O) groups is 1. The lowest BCUT2D eigenvalue weighted by molar-refractivity contribution is -0.122. The SMILES string of the molecule is CCN1CCCC(NC(=O)CCCCO)C1. The Morgan fingerprint density at radius 3 is 3.00 bits per heavy atom. The maximum absolute atomic E-state index is 11.6. The molecule has 1 fully saturated rings. The number of rotatable bonds is 6. The topological polar surface area (TPSA) is 52.6 Å². The van der Waals surface area contributed by atoms with Crippen molar-refractivity contribution in [1.82, 2.24) is 10.2 Å². The van der Waals surface area contributed by atoms with Gasteiger partial charge in [0.2, 0.25) is 5.91 Å². The number of aliphatic hydroxyl groups excluding tert-OH is 1. The molecule has 4 heteroatoms. The molecule has 0 radical (unpaired) electrons. The summed E-state index contributed by atoms with van der Waals surface area (Å²) < 4.78 is 0. The molecule has 1 atom stereocenters. The molecule has 0 saturated carbocycles. The van der Waals surface area contributed by atoms with Gasteiger partial charge in [-0.2, -0.15) is 0 Å². The van der Waals surface area contributed by atoms with Gasteiger partial charge in [-0.1, -0.05) is 6.92 Å². The number of piperidine rings is 1. The summed E-state index contributed by atoms with van der Waals surface area (Å²) in [6.45, 7) is 5.55. The van der Waals surface area contributed by atoms with Crippen molar-refractivity contribution in [3.8, 4) is 0 Å². The third kappa shape index (κ3) is 4.94. The number of aliphatic hydroxyl groups is 1. The van der Waals surface area contributed by atoms with Gasteiger partial charge in [-0.3, -0.25) is 4.79 Å². The Morgan fingerprint density at radius 2 is 2.31 bits per heavy atom. The number of carbonyl (C=O) groups excluding carboxylic acids is 1. The highest BCUT2D eigenvalue weighted by atomic mass is 16.2. The zero-order valence-corrected chi connectivity index (χ0v) is 10.2. The van der Waals surface area contributed by atoms with Crippen LogP contribution in [0.25, 0.3) is 0 Å². The molecular formula is C12H24N2O2. The second-order valence-corrected chi connectivity index (χ2v) is 4.48. The van der Waals surface area contributed by atoms with Crippen molar-refractivity contribution in [2.24, 2.45) is 0 Å². The normalized spacial score (nSPS) is 22.0. The van der Waals surface area contributed by atoms with E-state index in [1.54, 1.807) is 0 Å². The third-order valence-corrected chi connectivity index (χ3v) is 3.13. The van der Waals surface area contributed by atoms with Gasteiger partial charge in [0.1, 0.15) is 0 Å². The van der Waals surface area contributed by atoms with Crippen LogP contribution in [0.5, 0.6) is 0 Å². The van der Waals surface area contributed by atoms with Crippen LogP contribution in [0.15, 0.2) is 0 Å². The van der Waals surface area contributed by atoms with Crippen molar-refractivity contribution in [3.05, 3.63) is 0 Å². The van der Waals surface area contributed by atoms with Gasteiger partial charge in [0.05, 0.1) is 0 Å². The fraction of sp³-hybridized carbons (Fsp3) is 0.917. The maximum atomic E-state index is 11.6. The minimum atomic E-state index is 0.136. The molecule has 0 aromatic carbocycles. The average Bonchev–Trinajstić information content (AvgIpc) is 2.29. The van der Waals surface area contributed by atoms with Gasteiger partial charge in [0, 0.05) is 25.6 Å². The van der Waals surface area contributed by atoms with Crippen LogP contribution in [0.3, 0.4) is 0 Å². The van der Waals surface area contributed by atoms with E-state index < -0.39 is 0 Å². The maximum Gasteiger partial charge on any atom is 0.220 e. The summed E-state index contributed by atoms with van der Waals surface area (Å²) in [6, 6.07) is 0.329. The molecule has 0 aromatic rings. The predicted molar refractivity (Wildman–Crippen MR) is 64.2 cm³/mol. The summed E-state index contributed by atoms with van der Waals surface area (Å²) in [5, 5.41) is 11.7. The number of hydrogen-bond donors (Lipinski definition) is 2. The molecule has 1 saturated heterocycles. The van der Waals surface area contributed by atoms with Crippen LogP contribution in [0.1, 0.15) is 39.0 Å². The summed E-state index contributed by atoms with van der Waals surface area (Å²) in [7, 11) is 0. The quantitative estimate of drug-likeness (QED) is 0.660. The molecule has 1 rings (SSSR count). The highest BCUT2D eigenvalue weighted by Crippen LogP contribution is 2.09. The zero-order chi connectivity index (χ0) is 11.8. The predicted octanol–water partition coefficient (Wildman–Crippen LogP) is 0.749. The molecule has 1 aliphatic rings. The third-order valence-electron chi connectivity index (χ3n) is 3.13. The molecule has 1 aliphatic heterocycles. The lowest BCUT2D eigenvalue weighted by Crippen LogP contribution is -2.47. The highest BCUT2D eigenvalue weighted by Gasteiger charge is 2.19. The van der Waals surface area contributed by atoms with Crippen molar-refractivity contribution < 1.29 is 9.90 Å². The Morgan fingerprint density at radius 1 is 1.50 bits per heavy atom. The first-order valence-corrected chi connectivity index (χ1v) is 6.38. The molecule has 1 unspecified atom stereocenters. The largest absolute Gasteiger partial charge is 0.396 e. The lowest BCUT2D eigenvalue weighted by Gasteiger charge is -2.32. The Hall–Kier alpha value is -0.610. The van der Waals surface area contributed by atoms with E-state index in [1.807, 2.05) is 0 Å². The first-order valence-electron chi connectivity index (χ1n) is 6.38. The Kier molecular flexibility index (Phi) is 6.42. The van der Waals surface area contributed by atoms with Crippen LogP contribution < -0.4 is 5.32 Å². The van der Waals surface area contributed by atoms with Crippen LogP contribution in [-0.4, -0.2) is 48.2 Å². The molecule has 0 bridgehead atoms. The molecule has 1 amide bonds. The number of nitrogens with zero attached hydrogens (tertiary/aromatic N) is 1. The molecule has 16 heavy (non-hydrogen) atoms. The number of likely N-dealkylation sites (N-methyl/N-ethyl adjacent to an activating group) is 1. The van der Waals surface area contributed by atoms with E-state index in [0.29, 0.717) is 12.5 Å². The summed E-state index contributed by atoms with van der Waals surface area (Å²) in [5.74, 6) is 0.136. The van der Waals surface area contributed by atoms with Crippen molar-refractivity contribution in [2.45, 2.75) is 45.1 Å². The number of likely N-dealkylation sites (tertiary alicyclic amines) is 1. The number of nitrogens with one attached hydrogen (secondary N) is 1. The number of unbranched alkanes of at least 4 members (excludes halogenated alkanes) is 1. The highest BCUT2D eigenvalue weighted by molar-refractivity contribution is 5.76. The van der Waals surface area contributed by atoms with Gasteiger partial charge < -0.3 is 15.3 Å². The van der Waals surface area contributed by atoms with Gasteiger partial charge in [-0.25, -0.2) is 0 Å². The van der Waals surface area contributed by atoms with E-state index in [-0.39, 0.29) is 12.5 Å². The molecule has 2 N–H and O–H groups in total. The van der Waals surface area contributed by atoms with Crippen molar-refractivity contribution in [3.63, 3.8) is 0 Å². The average molecular weight is 228 g/mol. The van der Waals surface area contributed by atoms with Crippen LogP contribution >= 0.6 is 0 Å². The molecule has 1 heterocycles.